The van der Waals surface area contributed by atoms with Crippen molar-refractivity contribution in [3.05, 3.63) is 78.1 Å². The predicted molar refractivity (Wildman–Crippen MR) is 110 cm³/mol. The van der Waals surface area contributed by atoms with E-state index in [9.17, 15) is 0 Å². The number of aromatic nitrogens is 1. The molecule has 0 bridgehead atoms. The zero-order chi connectivity index (χ0) is 18.9. The van der Waals surface area contributed by atoms with E-state index in [4.69, 9.17) is 22.2 Å². The highest BCUT2D eigenvalue weighted by molar-refractivity contribution is 6.32. The fraction of sp³-hybridized carbons (Fsp3) is 0.0500. The highest BCUT2D eigenvalue weighted by Gasteiger charge is 2.00. The number of nitrogens with two attached hydrogens (primary N) is 1. The normalized spacial score (nSPS) is 11.5. The molecule has 7 heteroatoms. The molecule has 3 aromatic rings. The number of halogens is 1. The molecular formula is C20H18ClN5O. The van der Waals surface area contributed by atoms with Gasteiger partial charge in [0.15, 0.2) is 0 Å². The van der Waals surface area contributed by atoms with Crippen LogP contribution in [0.1, 0.15) is 0 Å². The molecule has 1 aromatic heterocycles. The molecule has 6 nitrogen and oxygen atoms in total. The van der Waals surface area contributed by atoms with Gasteiger partial charge in [0.25, 0.3) is 0 Å². The van der Waals surface area contributed by atoms with Crippen LogP contribution < -0.4 is 15.9 Å². The Morgan fingerprint density at radius 1 is 1.07 bits per heavy atom. The first-order valence-corrected chi connectivity index (χ1v) is 8.60. The van der Waals surface area contributed by atoms with Crippen LogP contribution in [0.25, 0.3) is 0 Å². The fourth-order valence-corrected chi connectivity index (χ4v) is 2.38. The van der Waals surface area contributed by atoms with Crippen molar-refractivity contribution < 1.29 is 4.74 Å². The average molecular weight is 380 g/mol. The lowest BCUT2D eigenvalue weighted by atomic mass is 10.3. The summed E-state index contributed by atoms with van der Waals surface area (Å²) in [6.07, 6.45) is 3.24. The van der Waals surface area contributed by atoms with Crippen LogP contribution in [0.5, 0.6) is 11.5 Å². The van der Waals surface area contributed by atoms with Crippen LogP contribution in [0.2, 0.25) is 5.15 Å². The van der Waals surface area contributed by atoms with Gasteiger partial charge in [-0.3, -0.25) is 4.99 Å². The Kier molecular flexibility index (Phi) is 6.38. The van der Waals surface area contributed by atoms with Crippen molar-refractivity contribution in [2.45, 2.75) is 0 Å². The predicted octanol–water partition coefficient (Wildman–Crippen LogP) is 4.66. The minimum absolute atomic E-state index is 0.412. The molecule has 0 atom stereocenters. The molecule has 0 fully saturated rings. The molecule has 136 valence electrons. The van der Waals surface area contributed by atoms with E-state index in [-0.39, 0.29) is 0 Å². The Bertz CT molecular complexity index is 927. The summed E-state index contributed by atoms with van der Waals surface area (Å²) in [5, 5.41) is 7.32. The van der Waals surface area contributed by atoms with Gasteiger partial charge >= 0.3 is 0 Å². The number of hydrogen-bond donors (Lipinski definition) is 2. The smallest absolute Gasteiger partial charge is 0.131 e. The van der Waals surface area contributed by atoms with Crippen molar-refractivity contribution >= 4 is 34.9 Å². The Labute approximate surface area is 162 Å². The molecule has 0 unspecified atom stereocenters. The Balaban J connectivity index is 1.57. The van der Waals surface area contributed by atoms with Gasteiger partial charge in [0, 0.05) is 11.9 Å². The molecule has 0 saturated carbocycles. The van der Waals surface area contributed by atoms with Crippen molar-refractivity contribution in [3.8, 4) is 11.5 Å². The highest BCUT2D eigenvalue weighted by atomic mass is 35.5. The number of hydrogen-bond acceptors (Lipinski definition) is 6. The number of para-hydroxylation sites is 1. The standard InChI is InChI=1S/C20H18ClN5O/c21-20-12-16(10-11-23-20)25-14-17(26-22)13-24-15-6-8-19(9-7-15)27-18-4-2-1-3-5-18/h1-13H,14,22H2,(H,23,25)/b24-13?,26-17+. The number of anilines is 1. The minimum atomic E-state index is 0.412. The molecule has 3 N–H and O–H groups in total. The lowest BCUT2D eigenvalue weighted by Crippen LogP contribution is -2.17. The number of nitrogens with zero attached hydrogens (tertiary/aromatic N) is 3. The number of aliphatic imine (C=N–C) groups is 1. The maximum atomic E-state index is 5.86. The van der Waals surface area contributed by atoms with Crippen molar-refractivity contribution in [3.63, 3.8) is 0 Å². The van der Waals surface area contributed by atoms with Gasteiger partial charge in [0.1, 0.15) is 16.7 Å². The van der Waals surface area contributed by atoms with Gasteiger partial charge in [0.2, 0.25) is 0 Å². The van der Waals surface area contributed by atoms with Gasteiger partial charge in [-0.15, -0.1) is 0 Å². The monoisotopic (exact) mass is 379 g/mol. The maximum Gasteiger partial charge on any atom is 0.131 e. The summed E-state index contributed by atoms with van der Waals surface area (Å²) in [5.74, 6) is 6.96. The third-order valence-corrected chi connectivity index (χ3v) is 3.75. The molecule has 0 aliphatic carbocycles. The average Bonchev–Trinajstić information content (AvgIpc) is 2.70. The fourth-order valence-electron chi connectivity index (χ4n) is 2.20. The van der Waals surface area contributed by atoms with Crippen LogP contribution in [0, 0.1) is 0 Å². The van der Waals surface area contributed by atoms with Crippen LogP contribution in [0.15, 0.2) is 83.0 Å². The largest absolute Gasteiger partial charge is 0.457 e. The lowest BCUT2D eigenvalue weighted by molar-refractivity contribution is 0.483. The SMILES string of the molecule is N/N=C(\C=Nc1ccc(Oc2ccccc2)cc1)CNc1ccnc(Cl)c1. The van der Waals surface area contributed by atoms with Gasteiger partial charge in [-0.25, -0.2) is 4.98 Å². The molecular weight excluding hydrogens is 362 g/mol. The van der Waals surface area contributed by atoms with Gasteiger partial charge in [0.05, 0.1) is 24.2 Å². The second kappa shape index (κ2) is 9.35. The van der Waals surface area contributed by atoms with Crippen LogP contribution >= 0.6 is 11.6 Å². The van der Waals surface area contributed by atoms with Crippen LogP contribution in [-0.2, 0) is 0 Å². The second-order valence-electron chi connectivity index (χ2n) is 5.51. The summed E-state index contributed by atoms with van der Waals surface area (Å²) >= 11 is 5.86. The summed E-state index contributed by atoms with van der Waals surface area (Å²) in [6, 6.07) is 20.6. The number of ether oxygens (including phenoxy) is 1. The van der Waals surface area contributed by atoms with Crippen LogP contribution in [-0.4, -0.2) is 23.5 Å². The Hall–Kier alpha value is -3.38. The second-order valence-corrected chi connectivity index (χ2v) is 5.90. The molecule has 0 spiro atoms. The number of benzene rings is 2. The highest BCUT2D eigenvalue weighted by Crippen LogP contribution is 2.23. The summed E-state index contributed by atoms with van der Waals surface area (Å²) in [4.78, 5) is 8.32. The molecule has 3 rings (SSSR count). The molecule has 27 heavy (non-hydrogen) atoms. The van der Waals surface area contributed by atoms with Crippen LogP contribution in [0.3, 0.4) is 0 Å². The lowest BCUT2D eigenvalue weighted by Gasteiger charge is -2.06. The summed E-state index contributed by atoms with van der Waals surface area (Å²) in [7, 11) is 0. The van der Waals surface area contributed by atoms with E-state index < -0.39 is 0 Å². The number of hydrazone groups is 1. The topological polar surface area (TPSA) is 84.9 Å². The molecule has 0 aliphatic rings. The number of rotatable bonds is 7. The zero-order valence-electron chi connectivity index (χ0n) is 14.4. The van der Waals surface area contributed by atoms with Gasteiger partial charge in [-0.1, -0.05) is 29.8 Å². The number of pyridine rings is 1. The molecule has 0 radical (unpaired) electrons. The first-order chi connectivity index (χ1) is 13.2. The van der Waals surface area contributed by atoms with E-state index in [1.54, 1.807) is 18.5 Å². The molecule has 1 heterocycles. The van der Waals surface area contributed by atoms with Gasteiger partial charge in [-0.05, 0) is 48.5 Å². The van der Waals surface area contributed by atoms with E-state index in [1.165, 1.54) is 0 Å². The van der Waals surface area contributed by atoms with Crippen molar-refractivity contribution in [2.24, 2.45) is 15.9 Å². The Morgan fingerprint density at radius 2 is 1.81 bits per heavy atom. The van der Waals surface area contributed by atoms with E-state index in [0.717, 1.165) is 22.9 Å². The van der Waals surface area contributed by atoms with Gasteiger partial charge in [-0.2, -0.15) is 5.10 Å². The van der Waals surface area contributed by atoms with E-state index in [1.807, 2.05) is 60.7 Å². The van der Waals surface area contributed by atoms with E-state index >= 15 is 0 Å². The summed E-state index contributed by atoms with van der Waals surface area (Å²) in [5.41, 5.74) is 2.18. The zero-order valence-corrected chi connectivity index (χ0v) is 15.2. The summed E-state index contributed by atoms with van der Waals surface area (Å²) in [6.45, 7) is 0.412. The number of nitrogens with one attached hydrogen (secondary N) is 1. The van der Waals surface area contributed by atoms with Gasteiger partial charge < -0.3 is 15.9 Å². The van der Waals surface area contributed by atoms with Crippen LogP contribution in [0.4, 0.5) is 11.4 Å². The molecule has 2 aromatic carbocycles. The first kappa shape index (κ1) is 18.4. The van der Waals surface area contributed by atoms with E-state index in [0.29, 0.717) is 17.4 Å². The molecule has 0 amide bonds. The van der Waals surface area contributed by atoms with Crippen molar-refractivity contribution in [1.29, 1.82) is 0 Å². The third kappa shape index (κ3) is 5.83. The van der Waals surface area contributed by atoms with E-state index in [2.05, 4.69) is 20.4 Å². The van der Waals surface area contributed by atoms with Crippen molar-refractivity contribution in [1.82, 2.24) is 4.98 Å². The molecule has 0 aliphatic heterocycles. The first-order valence-electron chi connectivity index (χ1n) is 8.22. The summed E-state index contributed by atoms with van der Waals surface area (Å²) < 4.78 is 5.76. The third-order valence-electron chi connectivity index (χ3n) is 3.54. The quantitative estimate of drug-likeness (QED) is 0.270. The molecule has 0 saturated heterocycles. The minimum Gasteiger partial charge on any atom is -0.457 e. The maximum absolute atomic E-state index is 5.86. The van der Waals surface area contributed by atoms with Crippen molar-refractivity contribution in [2.75, 3.05) is 11.9 Å². The Morgan fingerprint density at radius 3 is 2.52 bits per heavy atom.